The van der Waals surface area contributed by atoms with Crippen LogP contribution in [0.3, 0.4) is 0 Å². The molecular weight excluding hydrogens is 711 g/mol. The van der Waals surface area contributed by atoms with E-state index >= 15 is 0 Å². The molecule has 0 unspecified atom stereocenters. The first-order valence-electron chi connectivity index (χ1n) is 21.5. The second-order valence-electron chi connectivity index (χ2n) is 17.8. The van der Waals surface area contributed by atoms with E-state index in [1.807, 2.05) is 0 Å². The van der Waals surface area contributed by atoms with Gasteiger partial charge in [0.1, 0.15) is 0 Å². The van der Waals surface area contributed by atoms with Crippen LogP contribution < -0.4 is 4.90 Å². The molecule has 0 saturated heterocycles. The van der Waals surface area contributed by atoms with Crippen molar-refractivity contribution in [3.05, 3.63) is 226 Å². The topological polar surface area (TPSA) is 3.24 Å². The van der Waals surface area contributed by atoms with Crippen molar-refractivity contribution in [2.75, 3.05) is 4.90 Å². The Hall–Kier alpha value is -6.44. The molecule has 0 fully saturated rings. The van der Waals surface area contributed by atoms with Crippen molar-refractivity contribution in [3.63, 3.8) is 0 Å². The Kier molecular flexibility index (Phi) is 8.21. The summed E-state index contributed by atoms with van der Waals surface area (Å²) in [5.41, 5.74) is 25.1. The highest BCUT2D eigenvalue weighted by molar-refractivity contribution is 6.00. The van der Waals surface area contributed by atoms with E-state index in [1.54, 1.807) is 0 Å². The number of fused-ring (bicyclic) bond motifs is 7. The van der Waals surface area contributed by atoms with Crippen LogP contribution in [0.4, 0.5) is 11.4 Å². The zero-order chi connectivity index (χ0) is 39.9. The Balaban J connectivity index is 1.18. The molecule has 0 radical (unpaired) electrons. The molecule has 0 N–H and O–H groups in total. The van der Waals surface area contributed by atoms with Gasteiger partial charge in [0.15, 0.2) is 0 Å². The third-order valence-electron chi connectivity index (χ3n) is 13.9. The molecule has 1 heteroatoms. The maximum atomic E-state index is 2.65. The van der Waals surface area contributed by atoms with E-state index in [9.17, 15) is 0 Å². The lowest BCUT2D eigenvalue weighted by Gasteiger charge is -2.35. The molecular formula is C58H49N. The van der Waals surface area contributed by atoms with Crippen molar-refractivity contribution in [3.8, 4) is 33.4 Å². The molecule has 0 atom stereocenters. The average Bonchev–Trinajstić information content (AvgIpc) is 3.66. The van der Waals surface area contributed by atoms with E-state index in [0.29, 0.717) is 0 Å². The molecule has 0 amide bonds. The molecule has 4 aliphatic carbocycles. The van der Waals surface area contributed by atoms with Crippen molar-refractivity contribution >= 4 is 22.5 Å². The lowest BCUT2D eigenvalue weighted by atomic mass is 9.81. The van der Waals surface area contributed by atoms with Crippen LogP contribution in [0.15, 0.2) is 182 Å². The van der Waals surface area contributed by atoms with Crippen LogP contribution in [-0.2, 0) is 17.3 Å². The summed E-state index contributed by atoms with van der Waals surface area (Å²) in [4.78, 5) is 2.65. The number of nitrogens with zero attached hydrogens (tertiary/aromatic N) is 1. The quantitative estimate of drug-likeness (QED) is 0.163. The molecule has 7 aromatic rings. The Labute approximate surface area is 349 Å². The molecule has 59 heavy (non-hydrogen) atoms. The van der Waals surface area contributed by atoms with Crippen LogP contribution in [0.2, 0.25) is 0 Å². The molecule has 0 saturated carbocycles. The minimum absolute atomic E-state index is 0.0406. The number of hydrogen-bond donors (Lipinski definition) is 0. The smallest absolute Gasteiger partial charge is 0.0537 e. The van der Waals surface area contributed by atoms with Crippen molar-refractivity contribution in [2.24, 2.45) is 0 Å². The Morgan fingerprint density at radius 3 is 1.81 bits per heavy atom. The van der Waals surface area contributed by atoms with E-state index in [4.69, 9.17) is 0 Å². The normalized spacial score (nSPS) is 16.4. The van der Waals surface area contributed by atoms with Crippen LogP contribution in [0.5, 0.6) is 0 Å². The first-order chi connectivity index (χ1) is 28.8. The maximum Gasteiger partial charge on any atom is 0.0537 e. The molecule has 0 aliphatic heterocycles. The number of benzene rings is 7. The number of anilines is 2. The summed E-state index contributed by atoms with van der Waals surface area (Å²) < 4.78 is 0. The van der Waals surface area contributed by atoms with Crippen molar-refractivity contribution in [1.29, 1.82) is 0 Å². The molecule has 4 aliphatic rings. The molecule has 0 aromatic heterocycles. The van der Waals surface area contributed by atoms with Crippen LogP contribution in [0.1, 0.15) is 91.5 Å². The van der Waals surface area contributed by atoms with Crippen LogP contribution >= 0.6 is 0 Å². The molecule has 0 heterocycles. The van der Waals surface area contributed by atoms with Gasteiger partial charge in [-0.05, 0) is 116 Å². The summed E-state index contributed by atoms with van der Waals surface area (Å²) in [7, 11) is 0. The molecule has 7 aromatic carbocycles. The van der Waals surface area contributed by atoms with Gasteiger partial charge in [-0.1, -0.05) is 185 Å². The van der Waals surface area contributed by atoms with Crippen LogP contribution in [0, 0.1) is 0 Å². The predicted molar refractivity (Wildman–Crippen MR) is 249 cm³/mol. The number of allylic oxidation sites excluding steroid dienone is 5. The predicted octanol–water partition coefficient (Wildman–Crippen LogP) is 15.2. The van der Waals surface area contributed by atoms with E-state index < -0.39 is 0 Å². The van der Waals surface area contributed by atoms with Gasteiger partial charge < -0.3 is 4.90 Å². The van der Waals surface area contributed by atoms with Crippen LogP contribution in [-0.4, -0.2) is 0 Å². The lowest BCUT2D eigenvalue weighted by molar-refractivity contribution is 0.660. The Bertz CT molecular complexity index is 2950. The van der Waals surface area contributed by atoms with Gasteiger partial charge in [0, 0.05) is 33.2 Å². The number of rotatable bonds is 6. The SMILES string of the molecule is CC1(C)c2ccccc2-c2cc(C3=C(N(c4ccccc4C4=CCCc5ccccc54)c4ccccc4-c4cccc5c4-c4ccccc4C5(C)C)CCC=C3)ccc21. The minimum atomic E-state index is -0.0887. The lowest BCUT2D eigenvalue weighted by Crippen LogP contribution is -2.22. The third-order valence-corrected chi connectivity index (χ3v) is 13.9. The van der Waals surface area contributed by atoms with Crippen molar-refractivity contribution in [2.45, 2.75) is 64.2 Å². The minimum Gasteiger partial charge on any atom is -0.312 e. The summed E-state index contributed by atoms with van der Waals surface area (Å²) in [5.74, 6) is 0. The second-order valence-corrected chi connectivity index (χ2v) is 17.8. The zero-order valence-corrected chi connectivity index (χ0v) is 34.5. The van der Waals surface area contributed by atoms with Crippen molar-refractivity contribution < 1.29 is 0 Å². The Morgan fingerprint density at radius 2 is 1.02 bits per heavy atom. The highest BCUT2D eigenvalue weighted by atomic mass is 15.2. The van der Waals surface area contributed by atoms with Gasteiger partial charge in [-0.3, -0.25) is 0 Å². The molecule has 0 spiro atoms. The maximum absolute atomic E-state index is 2.65. The fourth-order valence-corrected chi connectivity index (χ4v) is 11.0. The summed E-state index contributed by atoms with van der Waals surface area (Å²) in [6, 6.07) is 59.7. The monoisotopic (exact) mass is 759 g/mol. The van der Waals surface area contributed by atoms with E-state index in [1.165, 1.54) is 106 Å². The fourth-order valence-electron chi connectivity index (χ4n) is 11.0. The van der Waals surface area contributed by atoms with Crippen LogP contribution in [0.25, 0.3) is 44.5 Å². The van der Waals surface area contributed by atoms with Gasteiger partial charge in [0.05, 0.1) is 11.4 Å². The molecule has 286 valence electrons. The Morgan fingerprint density at radius 1 is 0.441 bits per heavy atom. The number of aryl methyl sites for hydroxylation is 1. The average molecular weight is 760 g/mol. The molecule has 0 bridgehead atoms. The highest BCUT2D eigenvalue weighted by Crippen LogP contribution is 2.55. The summed E-state index contributed by atoms with van der Waals surface area (Å²) in [5, 5.41) is 0. The fraction of sp³-hybridized carbons (Fsp3) is 0.172. The van der Waals surface area contributed by atoms with Gasteiger partial charge >= 0.3 is 0 Å². The molecule has 1 nitrogen and oxygen atoms in total. The van der Waals surface area contributed by atoms with Crippen molar-refractivity contribution in [1.82, 2.24) is 0 Å². The summed E-state index contributed by atoms with van der Waals surface area (Å²) >= 11 is 0. The summed E-state index contributed by atoms with van der Waals surface area (Å²) in [6.07, 6.45) is 11.3. The van der Waals surface area contributed by atoms with Gasteiger partial charge in [-0.15, -0.1) is 0 Å². The third kappa shape index (κ3) is 5.44. The number of hydrogen-bond acceptors (Lipinski definition) is 1. The summed E-state index contributed by atoms with van der Waals surface area (Å²) in [6.45, 7) is 9.51. The van der Waals surface area contributed by atoms with Gasteiger partial charge in [-0.2, -0.15) is 0 Å². The molecule has 11 rings (SSSR count). The van der Waals surface area contributed by atoms with E-state index in [-0.39, 0.29) is 10.8 Å². The standard InChI is InChI=1S/C58H49N/c1-57(2)49-29-12-7-23-43(49)48-37-39(35-36-51(48)57)41-22-9-14-32-53(41)59(54-33-15-10-24-44(54)42-27-17-20-38-19-5-6-21-40(38)42)55-34-16-11-25-45(55)46-28-18-31-52-56(46)47-26-8-13-30-50(47)58(52,3)4/h5-13,15-16,18-19,21-31,33-37H,14,17,20,32H2,1-4H3. The first kappa shape index (κ1) is 35.7. The van der Waals surface area contributed by atoms with E-state index in [0.717, 1.165) is 25.7 Å². The second kappa shape index (κ2) is 13.6. The van der Waals surface area contributed by atoms with Gasteiger partial charge in [-0.25, -0.2) is 0 Å². The highest BCUT2D eigenvalue weighted by Gasteiger charge is 2.38. The van der Waals surface area contributed by atoms with Gasteiger partial charge in [0.25, 0.3) is 0 Å². The van der Waals surface area contributed by atoms with Gasteiger partial charge in [0.2, 0.25) is 0 Å². The largest absolute Gasteiger partial charge is 0.312 e. The first-order valence-corrected chi connectivity index (χ1v) is 21.5. The zero-order valence-electron chi connectivity index (χ0n) is 34.5. The number of para-hydroxylation sites is 2. The van der Waals surface area contributed by atoms with E-state index in [2.05, 4.69) is 209 Å².